The Balaban J connectivity index is 0.000000845. The molecule has 1 heterocycles. The Morgan fingerprint density at radius 1 is 1.08 bits per heavy atom. The first kappa shape index (κ1) is 9.68. The van der Waals surface area contributed by atoms with Crippen LogP contribution < -0.4 is 11.1 Å². The van der Waals surface area contributed by atoms with Crippen LogP contribution in [-0.2, 0) is 0 Å². The number of allylic oxidation sites excluding steroid dienone is 1. The van der Waals surface area contributed by atoms with Gasteiger partial charge in [0.1, 0.15) is 0 Å². The third kappa shape index (κ3) is 2.04. The zero-order chi connectivity index (χ0) is 8.39. The van der Waals surface area contributed by atoms with E-state index in [1.807, 2.05) is 36.4 Å². The first-order valence-corrected chi connectivity index (χ1v) is 3.85. The molecule has 1 aromatic rings. The Bertz CT molecular complexity index is 356. The lowest BCUT2D eigenvalue weighted by Gasteiger charge is -2.02. The number of hydrogen-bond acceptors (Lipinski definition) is 2. The van der Waals surface area contributed by atoms with E-state index in [2.05, 4.69) is 5.32 Å². The van der Waals surface area contributed by atoms with Crippen molar-refractivity contribution in [3.05, 3.63) is 47.8 Å². The molecule has 0 spiro atoms. The molecule has 0 saturated carbocycles. The Labute approximate surface area is 83.5 Å². The van der Waals surface area contributed by atoms with Crippen LogP contribution in [0.15, 0.2) is 42.2 Å². The fraction of sp³-hybridized carbons (Fsp3) is 0. The van der Waals surface area contributed by atoms with Crippen molar-refractivity contribution in [3.63, 3.8) is 0 Å². The summed E-state index contributed by atoms with van der Waals surface area (Å²) in [5.41, 5.74) is 8.62. The van der Waals surface area contributed by atoms with Crippen molar-refractivity contribution in [3.8, 4) is 0 Å². The van der Waals surface area contributed by atoms with Crippen LogP contribution >= 0.6 is 12.4 Å². The van der Waals surface area contributed by atoms with Gasteiger partial charge in [-0.25, -0.2) is 0 Å². The summed E-state index contributed by atoms with van der Waals surface area (Å²) in [7, 11) is 0. The number of benzene rings is 1. The molecule has 1 aliphatic rings. The zero-order valence-electron chi connectivity index (χ0n) is 7.03. The van der Waals surface area contributed by atoms with E-state index in [1.165, 1.54) is 0 Å². The summed E-state index contributed by atoms with van der Waals surface area (Å²) in [5, 5.41) is 3.13. The molecule has 1 aromatic carbocycles. The average molecular weight is 195 g/mol. The van der Waals surface area contributed by atoms with Crippen molar-refractivity contribution in [2.75, 3.05) is 5.32 Å². The highest BCUT2D eigenvalue weighted by Gasteiger charge is 1.98. The molecule has 0 saturated heterocycles. The lowest BCUT2D eigenvalue weighted by molar-refractivity contribution is 1.41. The molecule has 2 nitrogen and oxygen atoms in total. The Kier molecular flexibility index (Phi) is 2.98. The minimum absolute atomic E-state index is 0. The first-order chi connectivity index (χ1) is 5.86. The molecular weight excluding hydrogens is 184 g/mol. The lowest BCUT2D eigenvalue weighted by Crippen LogP contribution is -1.95. The van der Waals surface area contributed by atoms with Crippen molar-refractivity contribution in [2.24, 2.45) is 5.73 Å². The van der Waals surface area contributed by atoms with Crippen LogP contribution in [0.4, 0.5) is 5.69 Å². The maximum atomic E-state index is 5.63. The van der Waals surface area contributed by atoms with Gasteiger partial charge in [0.2, 0.25) is 0 Å². The SMILES string of the molecule is Cl.NC1=CNc2ccccc2C=C1. The van der Waals surface area contributed by atoms with E-state index in [1.54, 1.807) is 6.20 Å². The zero-order valence-corrected chi connectivity index (χ0v) is 7.84. The van der Waals surface area contributed by atoms with Crippen molar-refractivity contribution >= 4 is 24.2 Å². The molecule has 13 heavy (non-hydrogen) atoms. The average Bonchev–Trinajstić information content (AvgIpc) is 2.29. The van der Waals surface area contributed by atoms with Crippen LogP contribution in [-0.4, -0.2) is 0 Å². The maximum Gasteiger partial charge on any atom is 0.0477 e. The summed E-state index contributed by atoms with van der Waals surface area (Å²) in [6, 6.07) is 8.07. The minimum Gasteiger partial charge on any atom is -0.398 e. The quantitative estimate of drug-likeness (QED) is 0.666. The molecule has 3 N–H and O–H groups in total. The number of rotatable bonds is 0. The minimum atomic E-state index is 0. The van der Waals surface area contributed by atoms with Crippen LogP contribution in [0, 0.1) is 0 Å². The molecule has 0 amide bonds. The highest BCUT2D eigenvalue weighted by atomic mass is 35.5. The summed E-state index contributed by atoms with van der Waals surface area (Å²) in [6.45, 7) is 0. The Morgan fingerprint density at radius 2 is 1.85 bits per heavy atom. The number of halogens is 1. The van der Waals surface area contributed by atoms with Gasteiger partial charge in [-0.1, -0.05) is 24.3 Å². The first-order valence-electron chi connectivity index (χ1n) is 3.85. The second-order valence-electron chi connectivity index (χ2n) is 2.71. The fourth-order valence-corrected chi connectivity index (χ4v) is 1.17. The molecule has 0 atom stereocenters. The number of hydrogen-bond donors (Lipinski definition) is 2. The van der Waals surface area contributed by atoms with Crippen LogP contribution in [0.1, 0.15) is 5.56 Å². The monoisotopic (exact) mass is 194 g/mol. The van der Waals surface area contributed by atoms with Crippen LogP contribution in [0.5, 0.6) is 0 Å². The summed E-state index contributed by atoms with van der Waals surface area (Å²) in [5.74, 6) is 0. The lowest BCUT2D eigenvalue weighted by atomic mass is 10.2. The molecule has 0 radical (unpaired) electrons. The van der Waals surface area contributed by atoms with Crippen molar-refractivity contribution in [1.82, 2.24) is 0 Å². The van der Waals surface area contributed by atoms with Crippen molar-refractivity contribution in [1.29, 1.82) is 0 Å². The van der Waals surface area contributed by atoms with Gasteiger partial charge in [0.05, 0.1) is 0 Å². The normalized spacial score (nSPS) is 13.1. The smallest absolute Gasteiger partial charge is 0.0477 e. The van der Waals surface area contributed by atoms with Gasteiger partial charge in [-0.05, 0) is 17.7 Å². The van der Waals surface area contributed by atoms with Crippen LogP contribution in [0.2, 0.25) is 0 Å². The molecule has 2 rings (SSSR count). The summed E-state index contributed by atoms with van der Waals surface area (Å²) in [6.07, 6.45) is 5.68. The van der Waals surface area contributed by atoms with E-state index in [9.17, 15) is 0 Å². The number of para-hydroxylation sites is 1. The van der Waals surface area contributed by atoms with E-state index in [-0.39, 0.29) is 12.4 Å². The van der Waals surface area contributed by atoms with Crippen LogP contribution in [0.3, 0.4) is 0 Å². The van der Waals surface area contributed by atoms with Gasteiger partial charge in [0, 0.05) is 17.6 Å². The van der Waals surface area contributed by atoms with Gasteiger partial charge in [0.25, 0.3) is 0 Å². The van der Waals surface area contributed by atoms with E-state index < -0.39 is 0 Å². The second-order valence-corrected chi connectivity index (χ2v) is 2.71. The van der Waals surface area contributed by atoms with Gasteiger partial charge in [-0.3, -0.25) is 0 Å². The molecule has 68 valence electrons. The van der Waals surface area contributed by atoms with Crippen molar-refractivity contribution < 1.29 is 0 Å². The Morgan fingerprint density at radius 3 is 2.69 bits per heavy atom. The highest BCUT2D eigenvalue weighted by Crippen LogP contribution is 2.19. The van der Waals surface area contributed by atoms with Gasteiger partial charge >= 0.3 is 0 Å². The molecule has 1 aliphatic heterocycles. The van der Waals surface area contributed by atoms with Gasteiger partial charge in [0.15, 0.2) is 0 Å². The summed E-state index contributed by atoms with van der Waals surface area (Å²) >= 11 is 0. The van der Waals surface area contributed by atoms with Crippen LogP contribution in [0.25, 0.3) is 6.08 Å². The third-order valence-electron chi connectivity index (χ3n) is 1.81. The largest absolute Gasteiger partial charge is 0.398 e. The predicted octanol–water partition coefficient (Wildman–Crippen LogP) is 2.35. The molecule has 0 fully saturated rings. The van der Waals surface area contributed by atoms with Gasteiger partial charge < -0.3 is 11.1 Å². The van der Waals surface area contributed by atoms with E-state index >= 15 is 0 Å². The number of nitrogens with two attached hydrogens (primary N) is 1. The molecule has 0 bridgehead atoms. The summed E-state index contributed by atoms with van der Waals surface area (Å²) in [4.78, 5) is 0. The molecular formula is C10H11ClN2. The maximum absolute atomic E-state index is 5.63. The Hall–Kier alpha value is -1.41. The summed E-state index contributed by atoms with van der Waals surface area (Å²) < 4.78 is 0. The molecule has 0 aromatic heterocycles. The number of anilines is 1. The number of nitrogens with one attached hydrogen (secondary N) is 1. The van der Waals surface area contributed by atoms with Gasteiger partial charge in [-0.2, -0.15) is 0 Å². The topological polar surface area (TPSA) is 38.0 Å². The standard InChI is InChI=1S/C10H10N2.ClH/c11-9-6-5-8-3-1-2-4-10(8)12-7-9;/h1-7,12H,11H2;1H. The van der Waals surface area contributed by atoms with E-state index in [4.69, 9.17) is 5.73 Å². The second kappa shape index (κ2) is 4.01. The molecule has 0 unspecified atom stereocenters. The number of fused-ring (bicyclic) bond motifs is 1. The molecule has 3 heteroatoms. The highest BCUT2D eigenvalue weighted by molar-refractivity contribution is 5.85. The fourth-order valence-electron chi connectivity index (χ4n) is 1.17. The molecule has 0 aliphatic carbocycles. The van der Waals surface area contributed by atoms with E-state index in [0.717, 1.165) is 16.9 Å². The van der Waals surface area contributed by atoms with Gasteiger partial charge in [-0.15, -0.1) is 12.4 Å². The van der Waals surface area contributed by atoms with Crippen molar-refractivity contribution in [2.45, 2.75) is 0 Å². The van der Waals surface area contributed by atoms with E-state index in [0.29, 0.717) is 0 Å². The third-order valence-corrected chi connectivity index (χ3v) is 1.81. The predicted molar refractivity (Wildman–Crippen MR) is 58.6 cm³/mol.